The molecule has 0 saturated carbocycles. The average Bonchev–Trinajstić information content (AvgIpc) is 2.49. The highest BCUT2D eigenvalue weighted by Gasteiger charge is 2.20. The second-order valence-corrected chi connectivity index (χ2v) is 5.17. The number of benzene rings is 2. The number of hydrogen-bond acceptors (Lipinski definition) is 3. The number of nitrogens with one attached hydrogen (secondary N) is 1. The van der Waals surface area contributed by atoms with Gasteiger partial charge in [0.25, 0.3) is 0 Å². The zero-order valence-corrected chi connectivity index (χ0v) is 13.1. The van der Waals surface area contributed by atoms with Crippen LogP contribution in [0, 0.1) is 0 Å². The molecule has 3 heteroatoms. The molecule has 0 bridgehead atoms. The van der Waals surface area contributed by atoms with Gasteiger partial charge in [-0.25, -0.2) is 0 Å². The average molecular weight is 285 g/mol. The van der Waals surface area contributed by atoms with Crippen molar-refractivity contribution in [2.24, 2.45) is 0 Å². The van der Waals surface area contributed by atoms with Crippen molar-refractivity contribution in [3.05, 3.63) is 59.7 Å². The molecule has 0 spiro atoms. The van der Waals surface area contributed by atoms with Crippen LogP contribution in [0.25, 0.3) is 0 Å². The molecule has 2 rings (SSSR count). The molecule has 0 aliphatic rings. The first-order valence-electron chi connectivity index (χ1n) is 7.23. The maximum atomic E-state index is 5.94. The molecule has 1 unspecified atom stereocenters. The minimum atomic E-state index is 0.0242. The fourth-order valence-corrected chi connectivity index (χ4v) is 2.46. The lowest BCUT2D eigenvalue weighted by atomic mass is 9.97. The summed E-state index contributed by atoms with van der Waals surface area (Å²) in [5.41, 5.74) is 2.21. The number of ether oxygens (including phenoxy) is 2. The van der Waals surface area contributed by atoms with Gasteiger partial charge in [0.2, 0.25) is 0 Å². The van der Waals surface area contributed by atoms with E-state index in [0.717, 1.165) is 22.6 Å². The van der Waals surface area contributed by atoms with Gasteiger partial charge in [-0.1, -0.05) is 36.4 Å². The third-order valence-electron chi connectivity index (χ3n) is 3.33. The fourth-order valence-electron chi connectivity index (χ4n) is 2.46. The van der Waals surface area contributed by atoms with Crippen molar-refractivity contribution in [2.75, 3.05) is 14.2 Å². The molecule has 0 aromatic heterocycles. The quantitative estimate of drug-likeness (QED) is 0.876. The molecule has 0 aliphatic carbocycles. The molecule has 112 valence electrons. The fraction of sp³-hybridized carbons (Fsp3) is 0.333. The predicted molar refractivity (Wildman–Crippen MR) is 86.1 cm³/mol. The van der Waals surface area contributed by atoms with Crippen LogP contribution in [0.3, 0.4) is 0 Å². The molecule has 0 heterocycles. The molecular formula is C18H23NO2. The van der Waals surface area contributed by atoms with E-state index < -0.39 is 0 Å². The van der Waals surface area contributed by atoms with E-state index in [4.69, 9.17) is 9.47 Å². The maximum absolute atomic E-state index is 5.94. The van der Waals surface area contributed by atoms with Crippen LogP contribution < -0.4 is 14.8 Å². The van der Waals surface area contributed by atoms with Gasteiger partial charge >= 0.3 is 0 Å². The lowest BCUT2D eigenvalue weighted by Gasteiger charge is -2.23. The van der Waals surface area contributed by atoms with Crippen molar-refractivity contribution in [3.63, 3.8) is 0 Å². The second kappa shape index (κ2) is 7.14. The molecule has 1 atom stereocenters. The lowest BCUT2D eigenvalue weighted by Crippen LogP contribution is -2.20. The highest BCUT2D eigenvalue weighted by atomic mass is 16.5. The minimum absolute atomic E-state index is 0.0242. The monoisotopic (exact) mass is 285 g/mol. The first-order chi connectivity index (χ1) is 10.2. The molecule has 1 N–H and O–H groups in total. The summed E-state index contributed by atoms with van der Waals surface area (Å²) in [5, 5.41) is 3.36. The molecule has 2 aromatic carbocycles. The van der Waals surface area contributed by atoms with Crippen LogP contribution in [0.15, 0.2) is 48.5 Å². The van der Waals surface area contributed by atoms with Gasteiger partial charge in [-0.2, -0.15) is 0 Å². The number of rotatable bonds is 6. The van der Waals surface area contributed by atoms with Crippen LogP contribution in [0.5, 0.6) is 11.5 Å². The normalized spacial score (nSPS) is 12.2. The smallest absolute Gasteiger partial charge is 0.124 e. The van der Waals surface area contributed by atoms with E-state index in [1.54, 1.807) is 7.11 Å². The zero-order valence-electron chi connectivity index (χ0n) is 13.1. The summed E-state index contributed by atoms with van der Waals surface area (Å²) in [7, 11) is 3.64. The molecule has 0 saturated heterocycles. The zero-order chi connectivity index (χ0) is 15.2. The minimum Gasteiger partial charge on any atom is -0.496 e. The molecule has 0 amide bonds. The standard InChI is InChI=1S/C18H23NO2/c1-13(2)21-17-12-8-6-10-15(17)18(19-3)14-9-5-7-11-16(14)20-4/h5-13,18-19H,1-4H3. The predicted octanol–water partition coefficient (Wildman–Crippen LogP) is 3.79. The Hall–Kier alpha value is -2.00. The van der Waals surface area contributed by atoms with Gasteiger partial charge in [-0.3, -0.25) is 0 Å². The Morgan fingerprint density at radius 3 is 1.90 bits per heavy atom. The first kappa shape index (κ1) is 15.4. The van der Waals surface area contributed by atoms with E-state index in [2.05, 4.69) is 17.4 Å². The van der Waals surface area contributed by atoms with Crippen molar-refractivity contribution < 1.29 is 9.47 Å². The number of para-hydroxylation sites is 2. The van der Waals surface area contributed by atoms with Crippen molar-refractivity contribution in [1.82, 2.24) is 5.32 Å². The SMILES string of the molecule is CNC(c1ccccc1OC)c1ccccc1OC(C)C. The van der Waals surface area contributed by atoms with Crippen molar-refractivity contribution in [1.29, 1.82) is 0 Å². The van der Waals surface area contributed by atoms with Crippen LogP contribution in [0.1, 0.15) is 31.0 Å². The van der Waals surface area contributed by atoms with Gasteiger partial charge in [0.1, 0.15) is 11.5 Å². The van der Waals surface area contributed by atoms with Gasteiger partial charge in [-0.05, 0) is 33.0 Å². The van der Waals surface area contributed by atoms with E-state index >= 15 is 0 Å². The van der Waals surface area contributed by atoms with Crippen LogP contribution in [0.4, 0.5) is 0 Å². The van der Waals surface area contributed by atoms with Gasteiger partial charge < -0.3 is 14.8 Å². The summed E-state index contributed by atoms with van der Waals surface area (Å²) < 4.78 is 11.4. The summed E-state index contributed by atoms with van der Waals surface area (Å²) in [6, 6.07) is 16.2. The van der Waals surface area contributed by atoms with E-state index in [0.29, 0.717) is 0 Å². The van der Waals surface area contributed by atoms with Crippen molar-refractivity contribution in [2.45, 2.75) is 26.0 Å². The Morgan fingerprint density at radius 2 is 1.38 bits per heavy atom. The number of hydrogen-bond donors (Lipinski definition) is 1. The van der Waals surface area contributed by atoms with E-state index in [9.17, 15) is 0 Å². The van der Waals surface area contributed by atoms with Crippen LogP contribution in [-0.4, -0.2) is 20.3 Å². The Bertz CT molecular complexity index is 581. The molecule has 21 heavy (non-hydrogen) atoms. The summed E-state index contributed by atoms with van der Waals surface area (Å²) in [6.07, 6.45) is 0.140. The number of methoxy groups -OCH3 is 1. The summed E-state index contributed by atoms with van der Waals surface area (Å²) in [4.78, 5) is 0. The Morgan fingerprint density at radius 1 is 0.857 bits per heavy atom. The van der Waals surface area contributed by atoms with Crippen LogP contribution in [0.2, 0.25) is 0 Å². The largest absolute Gasteiger partial charge is 0.496 e. The summed E-state index contributed by atoms with van der Waals surface area (Å²) >= 11 is 0. The molecule has 0 fully saturated rings. The van der Waals surface area contributed by atoms with E-state index in [-0.39, 0.29) is 12.1 Å². The molecule has 0 aliphatic heterocycles. The first-order valence-corrected chi connectivity index (χ1v) is 7.23. The van der Waals surface area contributed by atoms with Gasteiger partial charge in [0, 0.05) is 11.1 Å². The molecule has 0 radical (unpaired) electrons. The molecular weight excluding hydrogens is 262 g/mol. The Balaban J connectivity index is 2.46. The Kier molecular flexibility index (Phi) is 5.23. The van der Waals surface area contributed by atoms with E-state index in [1.165, 1.54) is 0 Å². The molecule has 3 nitrogen and oxygen atoms in total. The van der Waals surface area contributed by atoms with Gasteiger partial charge in [0.15, 0.2) is 0 Å². The third-order valence-corrected chi connectivity index (χ3v) is 3.33. The maximum Gasteiger partial charge on any atom is 0.124 e. The summed E-state index contributed by atoms with van der Waals surface area (Å²) in [5.74, 6) is 1.77. The van der Waals surface area contributed by atoms with Crippen LogP contribution >= 0.6 is 0 Å². The summed E-state index contributed by atoms with van der Waals surface area (Å²) in [6.45, 7) is 4.07. The second-order valence-electron chi connectivity index (χ2n) is 5.17. The topological polar surface area (TPSA) is 30.5 Å². The van der Waals surface area contributed by atoms with E-state index in [1.807, 2.05) is 57.3 Å². The van der Waals surface area contributed by atoms with Crippen molar-refractivity contribution in [3.8, 4) is 11.5 Å². The van der Waals surface area contributed by atoms with Gasteiger partial charge in [-0.15, -0.1) is 0 Å². The highest BCUT2D eigenvalue weighted by Crippen LogP contribution is 2.34. The Labute approximate surface area is 126 Å². The lowest BCUT2D eigenvalue weighted by molar-refractivity contribution is 0.238. The highest BCUT2D eigenvalue weighted by molar-refractivity contribution is 5.46. The third kappa shape index (κ3) is 3.56. The molecule has 2 aromatic rings. The van der Waals surface area contributed by atoms with Crippen molar-refractivity contribution >= 4 is 0 Å². The van der Waals surface area contributed by atoms with Gasteiger partial charge in [0.05, 0.1) is 19.3 Å². The van der Waals surface area contributed by atoms with Crippen LogP contribution in [-0.2, 0) is 0 Å².